The van der Waals surface area contributed by atoms with Gasteiger partial charge in [0.2, 0.25) is 11.6 Å². The third kappa shape index (κ3) is 5.23. The molecule has 34 heavy (non-hydrogen) atoms. The zero-order chi connectivity index (χ0) is 24.1. The lowest BCUT2D eigenvalue weighted by Crippen LogP contribution is -2.53. The number of fused-ring (bicyclic) bond motifs is 3. The minimum Gasteiger partial charge on any atom is -0.497 e. The maximum Gasteiger partial charge on any atom is 0.237 e. The van der Waals surface area contributed by atoms with Gasteiger partial charge in [0.05, 0.1) is 37.4 Å². The highest BCUT2D eigenvalue weighted by atomic mass is 16.5. The van der Waals surface area contributed by atoms with Crippen LogP contribution in [0.5, 0.6) is 5.75 Å². The van der Waals surface area contributed by atoms with Crippen LogP contribution in [0.15, 0.2) is 18.2 Å². The highest BCUT2D eigenvalue weighted by Gasteiger charge is 2.29. The second kappa shape index (κ2) is 11.0. The van der Waals surface area contributed by atoms with E-state index in [1.165, 1.54) is 0 Å². The molecular weight excluding hydrogens is 434 g/mol. The minimum absolute atomic E-state index is 0.106. The number of morpholine rings is 1. The first kappa shape index (κ1) is 24.2. The fourth-order valence-electron chi connectivity index (χ4n) is 4.52. The van der Waals surface area contributed by atoms with Gasteiger partial charge < -0.3 is 20.1 Å². The molecule has 0 saturated carbocycles. The van der Waals surface area contributed by atoms with Gasteiger partial charge in [-0.2, -0.15) is 0 Å². The molecule has 2 N–H and O–H groups in total. The van der Waals surface area contributed by atoms with Gasteiger partial charge in [-0.15, -0.1) is 10.2 Å². The molecule has 3 heterocycles. The van der Waals surface area contributed by atoms with Crippen molar-refractivity contribution in [3.05, 3.63) is 24.0 Å². The molecule has 2 aromatic heterocycles. The molecule has 10 nitrogen and oxygen atoms in total. The van der Waals surface area contributed by atoms with Crippen LogP contribution in [0.1, 0.15) is 32.5 Å². The maximum absolute atomic E-state index is 12.8. The van der Waals surface area contributed by atoms with Crippen LogP contribution in [-0.2, 0) is 9.53 Å². The van der Waals surface area contributed by atoms with Crippen LogP contribution in [0.2, 0.25) is 0 Å². The van der Waals surface area contributed by atoms with Crippen molar-refractivity contribution < 1.29 is 14.3 Å². The van der Waals surface area contributed by atoms with E-state index in [4.69, 9.17) is 14.5 Å². The van der Waals surface area contributed by atoms with Crippen LogP contribution in [0.4, 0.5) is 5.82 Å². The van der Waals surface area contributed by atoms with E-state index >= 15 is 0 Å². The molecule has 1 saturated heterocycles. The van der Waals surface area contributed by atoms with Crippen molar-refractivity contribution in [2.24, 2.45) is 5.92 Å². The smallest absolute Gasteiger partial charge is 0.237 e. The third-order valence-corrected chi connectivity index (χ3v) is 6.23. The summed E-state index contributed by atoms with van der Waals surface area (Å²) in [5, 5.41) is 15.1. The summed E-state index contributed by atoms with van der Waals surface area (Å²) in [6.45, 7) is 10.5. The number of rotatable bonds is 10. The highest BCUT2D eigenvalue weighted by Crippen LogP contribution is 2.25. The fraction of sp³-hybridized carbons (Fsp3) is 0.583. The number of anilines is 1. The Morgan fingerprint density at radius 3 is 2.68 bits per heavy atom. The Morgan fingerprint density at radius 2 is 1.94 bits per heavy atom. The van der Waals surface area contributed by atoms with E-state index in [0.29, 0.717) is 31.2 Å². The molecule has 184 valence electrons. The molecule has 1 atom stereocenters. The molecular formula is C24H35N7O3. The van der Waals surface area contributed by atoms with Crippen LogP contribution >= 0.6 is 0 Å². The molecule has 0 aliphatic carbocycles. The van der Waals surface area contributed by atoms with Crippen LogP contribution in [-0.4, -0.2) is 82.9 Å². The number of amides is 1. The summed E-state index contributed by atoms with van der Waals surface area (Å²) in [5.74, 6) is 2.61. The number of carbonyl (C=O) groups excluding carboxylic acids is 1. The van der Waals surface area contributed by atoms with Gasteiger partial charge in [0.25, 0.3) is 0 Å². The van der Waals surface area contributed by atoms with Gasteiger partial charge in [-0.1, -0.05) is 13.8 Å². The second-order valence-electron chi connectivity index (χ2n) is 8.98. The molecule has 0 spiro atoms. The molecule has 1 aliphatic rings. The first-order valence-electron chi connectivity index (χ1n) is 12.0. The average Bonchev–Trinajstić information content (AvgIpc) is 3.23. The van der Waals surface area contributed by atoms with Gasteiger partial charge in [0.1, 0.15) is 11.6 Å². The van der Waals surface area contributed by atoms with E-state index in [2.05, 4.69) is 39.6 Å². The maximum atomic E-state index is 12.8. The molecule has 10 heteroatoms. The number of hydrogen-bond donors (Lipinski definition) is 2. The van der Waals surface area contributed by atoms with Gasteiger partial charge in [-0.25, -0.2) is 4.98 Å². The summed E-state index contributed by atoms with van der Waals surface area (Å²) in [7, 11) is 1.64. The Kier molecular flexibility index (Phi) is 7.79. The molecule has 4 rings (SSSR count). The number of nitrogens with one attached hydrogen (secondary N) is 2. The number of aryl methyl sites for hydroxylation is 1. The number of ether oxygens (including phenoxy) is 2. The standard InChI is InChI=1S/C24H35N7O3/c1-16(2)21(30-11-13-34-14-12-30)24(32)26-10-6-5-9-25-22-23-29-28-17(3)31(23)20-8-7-18(33-4)15-19(20)27-22/h7-8,15-16,21H,5-6,9-14H2,1-4H3,(H,25,27)(H,26,32)/t21-/m0/s1. The van der Waals surface area contributed by atoms with Crippen molar-refractivity contribution in [1.29, 1.82) is 0 Å². The quantitative estimate of drug-likeness (QED) is 0.436. The van der Waals surface area contributed by atoms with E-state index in [-0.39, 0.29) is 17.9 Å². The third-order valence-electron chi connectivity index (χ3n) is 6.23. The van der Waals surface area contributed by atoms with Gasteiger partial charge in [0.15, 0.2) is 5.82 Å². The molecule has 1 fully saturated rings. The molecule has 0 radical (unpaired) electrons. The van der Waals surface area contributed by atoms with Gasteiger partial charge in [-0.3, -0.25) is 14.1 Å². The lowest BCUT2D eigenvalue weighted by atomic mass is 10.0. The van der Waals surface area contributed by atoms with E-state index in [1.54, 1.807) is 7.11 Å². The number of nitrogens with zero attached hydrogens (tertiary/aromatic N) is 5. The topological polar surface area (TPSA) is 106 Å². The molecule has 0 bridgehead atoms. The Hall–Kier alpha value is -2.98. The summed E-state index contributed by atoms with van der Waals surface area (Å²) in [5.41, 5.74) is 2.45. The van der Waals surface area contributed by atoms with Crippen molar-refractivity contribution in [3.8, 4) is 5.75 Å². The molecule has 1 amide bonds. The number of unbranched alkanes of at least 4 members (excludes halogenated alkanes) is 1. The van der Waals surface area contributed by atoms with Crippen molar-refractivity contribution in [2.75, 3.05) is 51.8 Å². The summed E-state index contributed by atoms with van der Waals surface area (Å²) >= 11 is 0. The average molecular weight is 470 g/mol. The largest absolute Gasteiger partial charge is 0.497 e. The van der Waals surface area contributed by atoms with Crippen molar-refractivity contribution in [3.63, 3.8) is 0 Å². The summed E-state index contributed by atoms with van der Waals surface area (Å²) in [4.78, 5) is 19.8. The lowest BCUT2D eigenvalue weighted by Gasteiger charge is -2.35. The molecule has 0 unspecified atom stereocenters. The van der Waals surface area contributed by atoms with E-state index < -0.39 is 0 Å². The van der Waals surface area contributed by atoms with Gasteiger partial charge in [-0.05, 0) is 37.8 Å². The summed E-state index contributed by atoms with van der Waals surface area (Å²) in [6.07, 6.45) is 1.76. The lowest BCUT2D eigenvalue weighted by molar-refractivity contribution is -0.130. The predicted molar refractivity (Wildman–Crippen MR) is 131 cm³/mol. The fourth-order valence-corrected chi connectivity index (χ4v) is 4.52. The number of aromatic nitrogens is 4. The Labute approximate surface area is 200 Å². The zero-order valence-electron chi connectivity index (χ0n) is 20.5. The monoisotopic (exact) mass is 469 g/mol. The van der Waals surface area contributed by atoms with Crippen LogP contribution in [0.25, 0.3) is 16.7 Å². The number of carbonyl (C=O) groups is 1. The Balaban J connectivity index is 1.32. The van der Waals surface area contributed by atoms with Gasteiger partial charge >= 0.3 is 0 Å². The first-order valence-corrected chi connectivity index (χ1v) is 12.0. The van der Waals surface area contributed by atoms with Crippen molar-refractivity contribution in [2.45, 2.75) is 39.7 Å². The van der Waals surface area contributed by atoms with Crippen LogP contribution in [0, 0.1) is 12.8 Å². The molecule has 1 aliphatic heterocycles. The number of benzene rings is 1. The second-order valence-corrected chi connectivity index (χ2v) is 8.98. The van der Waals surface area contributed by atoms with Crippen molar-refractivity contribution >= 4 is 28.4 Å². The van der Waals surface area contributed by atoms with Crippen LogP contribution < -0.4 is 15.4 Å². The number of methoxy groups -OCH3 is 1. The molecule has 1 aromatic carbocycles. The normalized spacial score (nSPS) is 15.7. The highest BCUT2D eigenvalue weighted by molar-refractivity contribution is 5.84. The van der Waals surface area contributed by atoms with Crippen LogP contribution in [0.3, 0.4) is 0 Å². The van der Waals surface area contributed by atoms with E-state index in [0.717, 1.165) is 55.1 Å². The summed E-state index contributed by atoms with van der Waals surface area (Å²) < 4.78 is 12.8. The summed E-state index contributed by atoms with van der Waals surface area (Å²) in [6, 6.07) is 5.69. The molecule has 3 aromatic rings. The first-order chi connectivity index (χ1) is 16.5. The Bertz CT molecular complexity index is 1120. The SMILES string of the molecule is COc1ccc2c(c1)nc(NCCCCNC(=O)[C@H](C(C)C)N1CCOCC1)c1nnc(C)n12. The van der Waals surface area contributed by atoms with E-state index in [9.17, 15) is 4.79 Å². The minimum atomic E-state index is -0.106. The Morgan fingerprint density at radius 1 is 1.18 bits per heavy atom. The zero-order valence-corrected chi connectivity index (χ0v) is 20.5. The van der Waals surface area contributed by atoms with Gasteiger partial charge in [0, 0.05) is 32.2 Å². The number of hydrogen-bond acceptors (Lipinski definition) is 8. The van der Waals surface area contributed by atoms with Crippen molar-refractivity contribution in [1.82, 2.24) is 29.8 Å². The predicted octanol–water partition coefficient (Wildman–Crippen LogP) is 2.26. The van der Waals surface area contributed by atoms with E-state index in [1.807, 2.05) is 29.5 Å².